The molecule has 1 amide bonds. The van der Waals surface area contributed by atoms with Crippen LogP contribution < -0.4 is 4.90 Å². The van der Waals surface area contributed by atoms with Crippen LogP contribution in [-0.2, 0) is 27.1 Å². The number of benzene rings is 2. The van der Waals surface area contributed by atoms with E-state index >= 15 is 0 Å². The second-order valence-electron chi connectivity index (χ2n) is 9.41. The Labute approximate surface area is 204 Å². The van der Waals surface area contributed by atoms with E-state index in [4.69, 9.17) is 14.5 Å². The van der Waals surface area contributed by atoms with Crippen molar-refractivity contribution in [1.29, 1.82) is 0 Å². The summed E-state index contributed by atoms with van der Waals surface area (Å²) in [5.41, 5.74) is 4.44. The highest BCUT2D eigenvalue weighted by molar-refractivity contribution is 5.95. The number of aryl methyl sites for hydroxylation is 1. The number of hydrogen-bond acceptors (Lipinski definition) is 5. The lowest BCUT2D eigenvalue weighted by Crippen LogP contribution is -2.42. The van der Waals surface area contributed by atoms with Crippen LogP contribution >= 0.6 is 0 Å². The molecule has 2 aromatic carbocycles. The van der Waals surface area contributed by atoms with Gasteiger partial charge in [0.15, 0.2) is 0 Å². The first kappa shape index (κ1) is 23.4. The molecular weight excluding hydrogens is 446 g/mol. The van der Waals surface area contributed by atoms with Crippen LogP contribution in [0.3, 0.4) is 0 Å². The van der Waals surface area contributed by atoms with Gasteiger partial charge in [-0.2, -0.15) is 0 Å². The summed E-state index contributed by atoms with van der Waals surface area (Å²) in [6.07, 6.45) is 3.22. The number of aromatic nitrogens is 2. The Morgan fingerprint density at radius 2 is 1.89 bits per heavy atom. The number of hydrogen-bond donors (Lipinski definition) is 1. The fraction of sp³-hybridized carbons (Fsp3) is 0.444. The minimum atomic E-state index is -0.866. The second kappa shape index (κ2) is 9.70. The molecule has 1 fully saturated rings. The number of carbonyl (C=O) groups is 2. The van der Waals surface area contributed by atoms with Crippen molar-refractivity contribution in [2.45, 2.75) is 57.0 Å². The zero-order valence-electron chi connectivity index (χ0n) is 20.1. The van der Waals surface area contributed by atoms with E-state index in [1.165, 1.54) is 7.11 Å². The third kappa shape index (κ3) is 4.27. The number of amides is 1. The Bertz CT molecular complexity index is 1230. The smallest absolute Gasteiger partial charge is 0.414 e. The maximum absolute atomic E-state index is 12.6. The molecule has 0 bridgehead atoms. The molecule has 35 heavy (non-hydrogen) atoms. The number of ether oxygens (including phenoxy) is 2. The van der Waals surface area contributed by atoms with Crippen molar-refractivity contribution < 1.29 is 24.2 Å². The Morgan fingerprint density at radius 3 is 2.57 bits per heavy atom. The Hall–Kier alpha value is -3.39. The SMILES string of the molecule is COC(=O)N1c2ccc3c(nc(CC(C(=O)O)c4ccccc4)n3C3CCOCC3)c2CC[C@@H]1C. The van der Waals surface area contributed by atoms with Gasteiger partial charge in [-0.3, -0.25) is 9.69 Å². The molecule has 3 heterocycles. The number of anilines is 1. The summed E-state index contributed by atoms with van der Waals surface area (Å²) in [4.78, 5) is 31.7. The van der Waals surface area contributed by atoms with Crippen molar-refractivity contribution in [3.8, 4) is 0 Å². The van der Waals surface area contributed by atoms with E-state index in [0.717, 1.165) is 59.4 Å². The third-order valence-electron chi connectivity index (χ3n) is 7.34. The summed E-state index contributed by atoms with van der Waals surface area (Å²) in [5, 5.41) is 10.1. The van der Waals surface area contributed by atoms with Gasteiger partial charge in [-0.1, -0.05) is 30.3 Å². The molecule has 3 aromatic rings. The van der Waals surface area contributed by atoms with E-state index in [-0.39, 0.29) is 24.6 Å². The first-order chi connectivity index (χ1) is 17.0. The first-order valence-electron chi connectivity index (χ1n) is 12.2. The molecule has 2 atom stereocenters. The van der Waals surface area contributed by atoms with Gasteiger partial charge in [0, 0.05) is 37.3 Å². The molecule has 0 saturated carbocycles. The fourth-order valence-electron chi connectivity index (χ4n) is 5.53. The summed E-state index contributed by atoms with van der Waals surface area (Å²) in [5.74, 6) is -0.802. The van der Waals surface area contributed by atoms with Crippen LogP contribution in [0, 0.1) is 0 Å². The van der Waals surface area contributed by atoms with Crippen LogP contribution in [0.5, 0.6) is 0 Å². The average Bonchev–Trinajstić information content (AvgIpc) is 3.26. The predicted octanol–water partition coefficient (Wildman–Crippen LogP) is 4.71. The highest BCUT2D eigenvalue weighted by Gasteiger charge is 2.33. The topological polar surface area (TPSA) is 93.9 Å². The number of fused-ring (bicyclic) bond motifs is 3. The summed E-state index contributed by atoms with van der Waals surface area (Å²) < 4.78 is 12.9. The van der Waals surface area contributed by atoms with Crippen LogP contribution in [0.2, 0.25) is 0 Å². The van der Waals surface area contributed by atoms with Crippen LogP contribution in [0.15, 0.2) is 42.5 Å². The number of imidazole rings is 1. The molecule has 1 saturated heterocycles. The number of aliphatic carboxylic acids is 1. The Kier molecular flexibility index (Phi) is 6.47. The molecule has 2 aliphatic rings. The summed E-state index contributed by atoms with van der Waals surface area (Å²) in [6, 6.07) is 13.6. The largest absolute Gasteiger partial charge is 0.481 e. The molecule has 8 heteroatoms. The Morgan fingerprint density at radius 1 is 1.14 bits per heavy atom. The van der Waals surface area contributed by atoms with Gasteiger partial charge in [0.2, 0.25) is 0 Å². The molecule has 0 radical (unpaired) electrons. The van der Waals surface area contributed by atoms with Gasteiger partial charge in [-0.05, 0) is 50.3 Å². The zero-order valence-corrected chi connectivity index (χ0v) is 20.1. The lowest BCUT2D eigenvalue weighted by molar-refractivity contribution is -0.138. The van der Waals surface area contributed by atoms with E-state index in [2.05, 4.69) is 4.57 Å². The number of nitrogens with zero attached hydrogens (tertiary/aromatic N) is 3. The second-order valence-corrected chi connectivity index (χ2v) is 9.41. The zero-order chi connectivity index (χ0) is 24.5. The number of carbonyl (C=O) groups excluding carboxylic acids is 1. The number of methoxy groups -OCH3 is 1. The molecule has 0 spiro atoms. The van der Waals surface area contributed by atoms with Crippen molar-refractivity contribution in [3.05, 3.63) is 59.4 Å². The van der Waals surface area contributed by atoms with Gasteiger partial charge in [0.05, 0.1) is 29.7 Å². The molecular formula is C27H31N3O5. The van der Waals surface area contributed by atoms with Gasteiger partial charge in [-0.25, -0.2) is 9.78 Å². The van der Waals surface area contributed by atoms with Gasteiger partial charge >= 0.3 is 12.1 Å². The minimum absolute atomic E-state index is 0.0268. The molecule has 8 nitrogen and oxygen atoms in total. The van der Waals surface area contributed by atoms with E-state index in [1.807, 2.05) is 49.4 Å². The molecule has 0 aliphatic carbocycles. The summed E-state index contributed by atoms with van der Waals surface area (Å²) in [7, 11) is 1.40. The fourth-order valence-corrected chi connectivity index (χ4v) is 5.53. The first-order valence-corrected chi connectivity index (χ1v) is 12.2. The van der Waals surface area contributed by atoms with Crippen LogP contribution in [-0.4, -0.2) is 53.1 Å². The van der Waals surface area contributed by atoms with E-state index in [1.54, 1.807) is 4.90 Å². The highest BCUT2D eigenvalue weighted by Crippen LogP contribution is 2.39. The predicted molar refractivity (Wildman–Crippen MR) is 132 cm³/mol. The van der Waals surface area contributed by atoms with Crippen LogP contribution in [0.4, 0.5) is 10.5 Å². The maximum atomic E-state index is 12.6. The summed E-state index contributed by atoms with van der Waals surface area (Å²) >= 11 is 0. The lowest BCUT2D eigenvalue weighted by atomic mass is 9.95. The third-order valence-corrected chi connectivity index (χ3v) is 7.34. The van der Waals surface area contributed by atoms with Gasteiger partial charge in [-0.15, -0.1) is 0 Å². The van der Waals surface area contributed by atoms with Gasteiger partial charge < -0.3 is 19.1 Å². The number of rotatable bonds is 5. The quantitative estimate of drug-likeness (QED) is 0.572. The molecule has 2 aliphatic heterocycles. The van der Waals surface area contributed by atoms with E-state index < -0.39 is 11.9 Å². The minimum Gasteiger partial charge on any atom is -0.481 e. The standard InChI is InChI=1S/C27H31N3O5/c1-17-8-9-20-22(29(17)27(33)34-2)10-11-23-25(20)28-24(30(23)19-12-14-35-15-13-19)16-21(26(31)32)18-6-4-3-5-7-18/h3-7,10-11,17,19,21H,8-9,12-16H2,1-2H3,(H,31,32)/t17-,21?/m0/s1. The Balaban J connectivity index is 1.65. The monoisotopic (exact) mass is 477 g/mol. The molecule has 184 valence electrons. The lowest BCUT2D eigenvalue weighted by Gasteiger charge is -2.34. The van der Waals surface area contributed by atoms with Crippen molar-refractivity contribution in [1.82, 2.24) is 9.55 Å². The highest BCUT2D eigenvalue weighted by atomic mass is 16.5. The van der Waals surface area contributed by atoms with E-state index in [0.29, 0.717) is 13.2 Å². The van der Waals surface area contributed by atoms with Crippen LogP contribution in [0.1, 0.15) is 55.1 Å². The molecule has 5 rings (SSSR count). The molecule has 1 N–H and O–H groups in total. The van der Waals surface area contributed by atoms with Crippen LogP contribution in [0.25, 0.3) is 11.0 Å². The van der Waals surface area contributed by atoms with Crippen molar-refractivity contribution in [2.24, 2.45) is 0 Å². The molecule has 1 aromatic heterocycles. The maximum Gasteiger partial charge on any atom is 0.414 e. The number of carboxylic acid groups (broad SMARTS) is 1. The normalized spacial score (nSPS) is 19.4. The molecule has 1 unspecified atom stereocenters. The van der Waals surface area contributed by atoms with Gasteiger partial charge in [0.1, 0.15) is 5.82 Å². The van der Waals surface area contributed by atoms with Crippen molar-refractivity contribution >= 4 is 28.8 Å². The van der Waals surface area contributed by atoms with Crippen molar-refractivity contribution in [2.75, 3.05) is 25.2 Å². The van der Waals surface area contributed by atoms with Gasteiger partial charge in [0.25, 0.3) is 0 Å². The average molecular weight is 478 g/mol. The summed E-state index contributed by atoms with van der Waals surface area (Å²) in [6.45, 7) is 3.36. The van der Waals surface area contributed by atoms with E-state index in [9.17, 15) is 14.7 Å². The number of carboxylic acids is 1. The van der Waals surface area contributed by atoms with Crippen molar-refractivity contribution in [3.63, 3.8) is 0 Å².